The summed E-state index contributed by atoms with van der Waals surface area (Å²) in [6.07, 6.45) is -0.560. The van der Waals surface area contributed by atoms with E-state index >= 15 is 0 Å². The Kier molecular flexibility index (Phi) is 11.5. The maximum atomic E-state index is 8.11. The van der Waals surface area contributed by atoms with Crippen LogP contribution in [0.25, 0.3) is 0 Å². The molecule has 0 amide bonds. The first kappa shape index (κ1) is 10.5. The Balaban J connectivity index is -0.0000000800. The van der Waals surface area contributed by atoms with Gasteiger partial charge < -0.3 is 11.6 Å². The Morgan fingerprint density at radius 3 is 2.00 bits per heavy atom. The van der Waals surface area contributed by atoms with Gasteiger partial charge in [-0.25, -0.2) is 0 Å². The number of hydrogen-bond donors (Lipinski definition) is 2. The Morgan fingerprint density at radius 2 is 2.00 bits per heavy atom. The van der Waals surface area contributed by atoms with Crippen LogP contribution < -0.4 is 51.4 Å². The molecule has 1 unspecified atom stereocenters. The molecule has 2 nitrogen and oxygen atoms in total. The molecule has 0 radical (unpaired) electrons. The second-order valence-electron chi connectivity index (χ2n) is 1.03. The van der Waals surface area contributed by atoms with Gasteiger partial charge in [0.25, 0.3) is 0 Å². The summed E-state index contributed by atoms with van der Waals surface area (Å²) in [5, 5.41) is 16.0. The third-order valence-corrected chi connectivity index (χ3v) is 0.264. The van der Waals surface area contributed by atoms with Crippen LogP contribution in [0, 0.1) is 0 Å². The first-order valence-corrected chi connectivity index (χ1v) is 1.56. The van der Waals surface area contributed by atoms with Gasteiger partial charge in [-0.15, -0.1) is 0 Å². The van der Waals surface area contributed by atoms with Crippen molar-refractivity contribution in [2.45, 2.75) is 13.0 Å². The standard InChI is InChI=1S/C3H8O2.K.H/c1-3(5)2-4;;/h3-5H,2H2,1H3;;/q;+1;-1. The molecule has 0 aromatic rings. The molecule has 6 heavy (non-hydrogen) atoms. The van der Waals surface area contributed by atoms with Crippen LogP contribution in [0.4, 0.5) is 0 Å². The van der Waals surface area contributed by atoms with Gasteiger partial charge >= 0.3 is 51.4 Å². The summed E-state index contributed by atoms with van der Waals surface area (Å²) in [6.45, 7) is 1.39. The SMILES string of the molecule is CC(O)CO.[H-].[K+]. The van der Waals surface area contributed by atoms with Crippen molar-refractivity contribution in [3.05, 3.63) is 0 Å². The van der Waals surface area contributed by atoms with Gasteiger partial charge in [0.05, 0.1) is 12.7 Å². The molecule has 0 aliphatic heterocycles. The molecule has 0 aliphatic carbocycles. The van der Waals surface area contributed by atoms with E-state index in [0.29, 0.717) is 0 Å². The predicted molar refractivity (Wildman–Crippen MR) is 19.9 cm³/mol. The topological polar surface area (TPSA) is 40.5 Å². The first-order chi connectivity index (χ1) is 2.27. The normalized spacial score (nSPS) is 12.5. The van der Waals surface area contributed by atoms with Crippen LogP contribution in [0.3, 0.4) is 0 Å². The van der Waals surface area contributed by atoms with Crippen molar-refractivity contribution in [1.29, 1.82) is 0 Å². The fourth-order valence-corrected chi connectivity index (χ4v) is 0. The van der Waals surface area contributed by atoms with Crippen molar-refractivity contribution in [2.24, 2.45) is 0 Å². The molecule has 0 bridgehead atoms. The third kappa shape index (κ3) is 9.12. The van der Waals surface area contributed by atoms with Crippen LogP contribution in [0.1, 0.15) is 8.35 Å². The first-order valence-electron chi connectivity index (χ1n) is 1.56. The third-order valence-electron chi connectivity index (χ3n) is 0.264. The molecule has 0 aliphatic rings. The van der Waals surface area contributed by atoms with E-state index in [1.54, 1.807) is 0 Å². The molecule has 0 rings (SSSR count). The Bertz CT molecular complexity index is 26.9. The minimum absolute atomic E-state index is 0. The fourth-order valence-electron chi connectivity index (χ4n) is 0. The van der Waals surface area contributed by atoms with E-state index in [1.165, 1.54) is 6.92 Å². The quantitative estimate of drug-likeness (QED) is 0.349. The molecule has 3 heteroatoms. The van der Waals surface area contributed by atoms with Crippen molar-refractivity contribution in [3.63, 3.8) is 0 Å². The molecule has 0 aromatic carbocycles. The van der Waals surface area contributed by atoms with E-state index in [4.69, 9.17) is 10.2 Å². The van der Waals surface area contributed by atoms with E-state index in [1.807, 2.05) is 0 Å². The van der Waals surface area contributed by atoms with Crippen LogP contribution >= 0.6 is 0 Å². The number of hydrogen-bond acceptors (Lipinski definition) is 2. The second-order valence-corrected chi connectivity index (χ2v) is 1.03. The minimum atomic E-state index is -0.560. The summed E-state index contributed by atoms with van der Waals surface area (Å²) in [6, 6.07) is 0. The molecule has 0 aromatic heterocycles. The Labute approximate surface area is 81.5 Å². The minimum Gasteiger partial charge on any atom is -1.00 e. The van der Waals surface area contributed by atoms with Crippen molar-refractivity contribution in [3.8, 4) is 0 Å². The summed E-state index contributed by atoms with van der Waals surface area (Å²) in [7, 11) is 0. The zero-order chi connectivity index (χ0) is 4.28. The summed E-state index contributed by atoms with van der Waals surface area (Å²) in [4.78, 5) is 0. The van der Waals surface area contributed by atoms with Crippen LogP contribution in [-0.4, -0.2) is 22.9 Å². The van der Waals surface area contributed by atoms with Gasteiger partial charge in [0.1, 0.15) is 0 Å². The predicted octanol–water partition coefficient (Wildman–Crippen LogP) is -3.52. The number of rotatable bonds is 1. The fraction of sp³-hybridized carbons (Fsp3) is 1.00. The molecule has 1 atom stereocenters. The van der Waals surface area contributed by atoms with Crippen LogP contribution in [0.5, 0.6) is 0 Å². The van der Waals surface area contributed by atoms with Crippen molar-refractivity contribution < 1.29 is 63.0 Å². The molecular weight excluding hydrogens is 107 g/mol. The largest absolute Gasteiger partial charge is 1.00 e. The molecule has 0 heterocycles. The van der Waals surface area contributed by atoms with Crippen LogP contribution in [-0.2, 0) is 0 Å². The maximum Gasteiger partial charge on any atom is 1.00 e. The van der Waals surface area contributed by atoms with Gasteiger partial charge in [0.15, 0.2) is 0 Å². The monoisotopic (exact) mass is 116 g/mol. The van der Waals surface area contributed by atoms with Gasteiger partial charge in [0.2, 0.25) is 0 Å². The van der Waals surface area contributed by atoms with Gasteiger partial charge in [-0.1, -0.05) is 0 Å². The van der Waals surface area contributed by atoms with Crippen LogP contribution in [0.2, 0.25) is 0 Å². The van der Waals surface area contributed by atoms with Crippen molar-refractivity contribution in [1.82, 2.24) is 0 Å². The van der Waals surface area contributed by atoms with E-state index in [-0.39, 0.29) is 59.4 Å². The molecule has 0 saturated carbocycles. The Hall–Kier alpha value is 1.56. The average Bonchev–Trinajstić information content (AvgIpc) is 1.38. The van der Waals surface area contributed by atoms with Gasteiger partial charge in [-0.3, -0.25) is 0 Å². The summed E-state index contributed by atoms with van der Waals surface area (Å²) in [5.74, 6) is 0. The van der Waals surface area contributed by atoms with Gasteiger partial charge in [0, 0.05) is 0 Å². The summed E-state index contributed by atoms with van der Waals surface area (Å²) >= 11 is 0. The van der Waals surface area contributed by atoms with E-state index in [0.717, 1.165) is 0 Å². The van der Waals surface area contributed by atoms with E-state index in [9.17, 15) is 0 Å². The van der Waals surface area contributed by atoms with Crippen LogP contribution in [0.15, 0.2) is 0 Å². The van der Waals surface area contributed by atoms with Crippen molar-refractivity contribution >= 4 is 0 Å². The molecule has 0 fully saturated rings. The second kappa shape index (κ2) is 6.56. The smallest absolute Gasteiger partial charge is 1.00 e. The maximum absolute atomic E-state index is 8.11. The van der Waals surface area contributed by atoms with Gasteiger partial charge in [-0.2, -0.15) is 0 Å². The molecule has 0 saturated heterocycles. The Morgan fingerprint density at radius 1 is 1.83 bits per heavy atom. The number of aliphatic hydroxyl groups excluding tert-OH is 2. The van der Waals surface area contributed by atoms with Gasteiger partial charge in [-0.05, 0) is 6.92 Å². The zero-order valence-corrected chi connectivity index (χ0v) is 7.30. The van der Waals surface area contributed by atoms with E-state index in [2.05, 4.69) is 0 Å². The molecule has 0 spiro atoms. The van der Waals surface area contributed by atoms with Crippen molar-refractivity contribution in [2.75, 3.05) is 6.61 Å². The number of aliphatic hydroxyl groups is 2. The summed E-state index contributed by atoms with van der Waals surface area (Å²) < 4.78 is 0. The average molecular weight is 116 g/mol. The van der Waals surface area contributed by atoms with E-state index < -0.39 is 6.10 Å². The zero-order valence-electron chi connectivity index (χ0n) is 5.18. The molecular formula is C3H9KO2. The summed E-state index contributed by atoms with van der Waals surface area (Å²) in [5.41, 5.74) is 0. The molecule has 2 N–H and O–H groups in total. The molecule has 34 valence electrons.